The summed E-state index contributed by atoms with van der Waals surface area (Å²) in [6.45, 7) is 0. The molecule has 0 bridgehead atoms. The van der Waals surface area contributed by atoms with E-state index < -0.39 is 0 Å². The third kappa shape index (κ3) is 6.36. The highest BCUT2D eigenvalue weighted by Gasteiger charge is 2.09. The van der Waals surface area contributed by atoms with E-state index >= 15 is 0 Å². The Kier molecular flexibility index (Phi) is 7.38. The minimum atomic E-state index is -0.116. The minimum absolute atomic E-state index is 0.116. The molecule has 1 amide bonds. The number of halogens is 3. The van der Waals surface area contributed by atoms with E-state index in [0.717, 1.165) is 16.1 Å². The summed E-state index contributed by atoms with van der Waals surface area (Å²) in [5, 5.41) is 14.0. The zero-order valence-electron chi connectivity index (χ0n) is 13.9. The van der Waals surface area contributed by atoms with E-state index in [1.54, 1.807) is 6.07 Å². The second kappa shape index (κ2) is 9.75. The quantitative estimate of drug-likeness (QED) is 0.474. The molecular formula is C18H14Cl3N3OS2. The maximum Gasteiger partial charge on any atom is 0.236 e. The number of amides is 1. The number of aromatic nitrogens is 2. The van der Waals surface area contributed by atoms with Gasteiger partial charge in [0.25, 0.3) is 0 Å². The summed E-state index contributed by atoms with van der Waals surface area (Å²) in [6, 6.07) is 13.0. The molecule has 0 unspecified atom stereocenters. The van der Waals surface area contributed by atoms with Crippen molar-refractivity contribution in [3.05, 3.63) is 73.7 Å². The SMILES string of the molecule is O=C(CSCc1ccc(Cl)c(Cl)c1)Nc1nnc(Cc2ccc(Cl)cc2)s1. The molecule has 0 saturated carbocycles. The largest absolute Gasteiger partial charge is 0.300 e. The molecule has 9 heteroatoms. The molecule has 0 aliphatic heterocycles. The van der Waals surface area contributed by atoms with Gasteiger partial charge in [0.2, 0.25) is 11.0 Å². The summed E-state index contributed by atoms with van der Waals surface area (Å²) in [6.07, 6.45) is 0.650. The number of thioether (sulfide) groups is 1. The van der Waals surface area contributed by atoms with Crippen LogP contribution in [0.15, 0.2) is 42.5 Å². The minimum Gasteiger partial charge on any atom is -0.300 e. The smallest absolute Gasteiger partial charge is 0.236 e. The zero-order chi connectivity index (χ0) is 19.2. The highest BCUT2D eigenvalue weighted by Crippen LogP contribution is 2.25. The Hall–Kier alpha value is -1.31. The summed E-state index contributed by atoms with van der Waals surface area (Å²) in [4.78, 5) is 12.1. The van der Waals surface area contributed by atoms with Gasteiger partial charge < -0.3 is 0 Å². The van der Waals surface area contributed by atoms with Gasteiger partial charge in [0.05, 0.1) is 15.8 Å². The molecule has 2 aromatic carbocycles. The van der Waals surface area contributed by atoms with Crippen LogP contribution in [-0.4, -0.2) is 21.9 Å². The van der Waals surface area contributed by atoms with Crippen molar-refractivity contribution in [2.24, 2.45) is 0 Å². The molecule has 0 aliphatic carbocycles. The number of nitrogens with zero attached hydrogens (tertiary/aromatic N) is 2. The summed E-state index contributed by atoms with van der Waals surface area (Å²) in [5.41, 5.74) is 2.11. The van der Waals surface area contributed by atoms with Gasteiger partial charge in [-0.3, -0.25) is 10.1 Å². The Bertz CT molecular complexity index is 932. The van der Waals surface area contributed by atoms with Crippen LogP contribution in [0.25, 0.3) is 0 Å². The predicted molar refractivity (Wildman–Crippen MR) is 115 cm³/mol. The first kappa shape index (κ1) is 20.4. The Morgan fingerprint density at radius 2 is 1.74 bits per heavy atom. The number of hydrogen-bond donors (Lipinski definition) is 1. The molecule has 1 heterocycles. The van der Waals surface area contributed by atoms with Gasteiger partial charge in [-0.25, -0.2) is 0 Å². The zero-order valence-corrected chi connectivity index (χ0v) is 17.8. The van der Waals surface area contributed by atoms with E-state index in [-0.39, 0.29) is 5.91 Å². The van der Waals surface area contributed by atoms with Crippen molar-refractivity contribution in [2.75, 3.05) is 11.1 Å². The maximum atomic E-state index is 12.1. The molecule has 3 aromatic rings. The molecule has 1 aromatic heterocycles. The van der Waals surface area contributed by atoms with Gasteiger partial charge in [-0.1, -0.05) is 64.3 Å². The highest BCUT2D eigenvalue weighted by atomic mass is 35.5. The summed E-state index contributed by atoms with van der Waals surface area (Å²) < 4.78 is 0. The normalized spacial score (nSPS) is 10.8. The highest BCUT2D eigenvalue weighted by molar-refractivity contribution is 7.99. The molecule has 0 atom stereocenters. The van der Waals surface area contributed by atoms with Crippen molar-refractivity contribution in [1.82, 2.24) is 10.2 Å². The molecule has 0 aliphatic rings. The molecule has 0 saturated heterocycles. The topological polar surface area (TPSA) is 54.9 Å². The average Bonchev–Trinajstić information content (AvgIpc) is 3.07. The number of benzene rings is 2. The number of carbonyl (C=O) groups is 1. The summed E-state index contributed by atoms with van der Waals surface area (Å²) >= 11 is 20.6. The van der Waals surface area contributed by atoms with Crippen LogP contribution in [0.5, 0.6) is 0 Å². The third-order valence-electron chi connectivity index (χ3n) is 3.47. The van der Waals surface area contributed by atoms with Crippen LogP contribution >= 0.6 is 57.9 Å². The number of hydrogen-bond acceptors (Lipinski definition) is 5. The molecular weight excluding hydrogens is 445 g/mol. The van der Waals surface area contributed by atoms with E-state index in [1.807, 2.05) is 36.4 Å². The van der Waals surface area contributed by atoms with Crippen molar-refractivity contribution in [3.63, 3.8) is 0 Å². The first-order valence-electron chi connectivity index (χ1n) is 7.88. The monoisotopic (exact) mass is 457 g/mol. The lowest BCUT2D eigenvalue weighted by Gasteiger charge is -2.03. The maximum absolute atomic E-state index is 12.1. The van der Waals surface area contributed by atoms with Crippen molar-refractivity contribution in [3.8, 4) is 0 Å². The van der Waals surface area contributed by atoms with Crippen molar-refractivity contribution in [1.29, 1.82) is 0 Å². The van der Waals surface area contributed by atoms with Crippen LogP contribution in [0.1, 0.15) is 16.1 Å². The van der Waals surface area contributed by atoms with Crippen LogP contribution in [0.4, 0.5) is 5.13 Å². The predicted octanol–water partition coefficient (Wildman–Crippen LogP) is 5.96. The van der Waals surface area contributed by atoms with Gasteiger partial charge in [0.1, 0.15) is 5.01 Å². The average molecular weight is 459 g/mol. The Morgan fingerprint density at radius 1 is 1.00 bits per heavy atom. The fraction of sp³-hybridized carbons (Fsp3) is 0.167. The molecule has 0 spiro atoms. The molecule has 4 nitrogen and oxygen atoms in total. The van der Waals surface area contributed by atoms with Gasteiger partial charge in [-0.2, -0.15) is 0 Å². The van der Waals surface area contributed by atoms with Crippen LogP contribution in [0.3, 0.4) is 0 Å². The van der Waals surface area contributed by atoms with E-state index in [9.17, 15) is 4.79 Å². The van der Waals surface area contributed by atoms with Crippen molar-refractivity contribution < 1.29 is 4.79 Å². The third-order valence-corrected chi connectivity index (χ3v) is 6.30. The molecule has 3 rings (SSSR count). The second-order valence-corrected chi connectivity index (χ2v) is 8.89. The lowest BCUT2D eigenvalue weighted by molar-refractivity contribution is -0.113. The number of anilines is 1. The van der Waals surface area contributed by atoms with Crippen LogP contribution < -0.4 is 5.32 Å². The fourth-order valence-corrected chi connectivity index (χ4v) is 4.21. The van der Waals surface area contributed by atoms with Gasteiger partial charge in [-0.05, 0) is 35.4 Å². The lowest BCUT2D eigenvalue weighted by Crippen LogP contribution is -2.13. The molecule has 0 radical (unpaired) electrons. The van der Waals surface area contributed by atoms with Crippen LogP contribution in [-0.2, 0) is 17.0 Å². The van der Waals surface area contributed by atoms with Gasteiger partial charge in [0.15, 0.2) is 0 Å². The van der Waals surface area contributed by atoms with Gasteiger partial charge in [-0.15, -0.1) is 22.0 Å². The molecule has 140 valence electrons. The summed E-state index contributed by atoms with van der Waals surface area (Å²) in [5.74, 6) is 0.864. The first-order chi connectivity index (χ1) is 13.0. The van der Waals surface area contributed by atoms with E-state index in [0.29, 0.717) is 38.1 Å². The van der Waals surface area contributed by atoms with Crippen LogP contribution in [0.2, 0.25) is 15.1 Å². The number of rotatable bonds is 7. The van der Waals surface area contributed by atoms with Gasteiger partial charge >= 0.3 is 0 Å². The van der Waals surface area contributed by atoms with E-state index in [1.165, 1.54) is 23.1 Å². The lowest BCUT2D eigenvalue weighted by atomic mass is 10.2. The Morgan fingerprint density at radius 3 is 2.48 bits per heavy atom. The summed E-state index contributed by atoms with van der Waals surface area (Å²) in [7, 11) is 0. The Labute approximate surface area is 180 Å². The molecule has 1 N–H and O–H groups in total. The fourth-order valence-electron chi connectivity index (χ4n) is 2.20. The number of nitrogens with one attached hydrogen (secondary N) is 1. The number of carbonyl (C=O) groups excluding carboxylic acids is 1. The standard InChI is InChI=1S/C18H14Cl3N3OS2/c19-13-4-1-11(2-5-13)8-17-23-24-18(27-17)22-16(25)10-26-9-12-3-6-14(20)15(21)7-12/h1-7H,8-10H2,(H,22,24,25). The Balaban J connectivity index is 1.46. The van der Waals surface area contributed by atoms with Crippen LogP contribution in [0, 0.1) is 0 Å². The van der Waals surface area contributed by atoms with E-state index in [4.69, 9.17) is 34.8 Å². The second-order valence-electron chi connectivity index (χ2n) is 5.59. The molecule has 0 fully saturated rings. The van der Waals surface area contributed by atoms with Crippen molar-refractivity contribution in [2.45, 2.75) is 12.2 Å². The van der Waals surface area contributed by atoms with E-state index in [2.05, 4.69) is 15.5 Å². The van der Waals surface area contributed by atoms with Gasteiger partial charge in [0, 0.05) is 17.2 Å². The van der Waals surface area contributed by atoms with Crippen molar-refractivity contribution >= 4 is 68.9 Å². The first-order valence-corrected chi connectivity index (χ1v) is 11.0. The molecule has 27 heavy (non-hydrogen) atoms.